The van der Waals surface area contributed by atoms with Crippen molar-refractivity contribution < 1.29 is 9.53 Å². The van der Waals surface area contributed by atoms with E-state index in [2.05, 4.69) is 13.5 Å². The number of unbranched alkanes of at least 4 members (excludes halogenated alkanes) is 1. The third-order valence-electron chi connectivity index (χ3n) is 1.88. The maximum Gasteiger partial charge on any atom is 0.302 e. The second kappa shape index (κ2) is 7.84. The Morgan fingerprint density at radius 3 is 2.69 bits per heavy atom. The standard InChI is InChI=1S/C11H20O2/c1-4-6-7-9-11(8-5-2)13-10(3)12/h4,11H,1,5-9H2,2-3H3. The van der Waals surface area contributed by atoms with E-state index in [-0.39, 0.29) is 12.1 Å². The lowest BCUT2D eigenvalue weighted by Gasteiger charge is -2.15. The zero-order valence-corrected chi connectivity index (χ0v) is 8.71. The third kappa shape index (κ3) is 7.57. The summed E-state index contributed by atoms with van der Waals surface area (Å²) in [5.41, 5.74) is 0. The molecule has 0 bridgehead atoms. The van der Waals surface area contributed by atoms with Gasteiger partial charge >= 0.3 is 5.97 Å². The first-order chi connectivity index (χ1) is 6.20. The van der Waals surface area contributed by atoms with E-state index >= 15 is 0 Å². The van der Waals surface area contributed by atoms with Crippen LogP contribution in [0.15, 0.2) is 12.7 Å². The number of allylic oxidation sites excluding steroid dienone is 1. The Labute approximate surface area is 81.0 Å². The van der Waals surface area contributed by atoms with Gasteiger partial charge in [0.05, 0.1) is 0 Å². The van der Waals surface area contributed by atoms with Crippen molar-refractivity contribution in [3.63, 3.8) is 0 Å². The van der Waals surface area contributed by atoms with E-state index in [0.717, 1.165) is 32.1 Å². The van der Waals surface area contributed by atoms with Gasteiger partial charge in [-0.25, -0.2) is 0 Å². The maximum atomic E-state index is 10.7. The monoisotopic (exact) mass is 184 g/mol. The molecular weight excluding hydrogens is 164 g/mol. The highest BCUT2D eigenvalue weighted by molar-refractivity contribution is 5.66. The number of esters is 1. The summed E-state index contributed by atoms with van der Waals surface area (Å²) >= 11 is 0. The van der Waals surface area contributed by atoms with Crippen LogP contribution in [0.4, 0.5) is 0 Å². The Bertz CT molecular complexity index is 152. The number of carbonyl (C=O) groups excluding carboxylic acids is 1. The highest BCUT2D eigenvalue weighted by Gasteiger charge is 2.09. The molecule has 0 spiro atoms. The smallest absolute Gasteiger partial charge is 0.302 e. The van der Waals surface area contributed by atoms with Gasteiger partial charge in [-0.3, -0.25) is 4.79 Å². The molecule has 0 aromatic rings. The molecule has 0 heterocycles. The molecule has 76 valence electrons. The fourth-order valence-electron chi connectivity index (χ4n) is 1.31. The molecule has 1 unspecified atom stereocenters. The minimum Gasteiger partial charge on any atom is -0.463 e. The van der Waals surface area contributed by atoms with Crippen molar-refractivity contribution >= 4 is 5.97 Å². The summed E-state index contributed by atoms with van der Waals surface area (Å²) < 4.78 is 5.16. The van der Waals surface area contributed by atoms with Crippen LogP contribution >= 0.6 is 0 Å². The van der Waals surface area contributed by atoms with Gasteiger partial charge in [0.2, 0.25) is 0 Å². The second-order valence-electron chi connectivity index (χ2n) is 3.24. The molecule has 0 aliphatic heterocycles. The van der Waals surface area contributed by atoms with Crippen LogP contribution < -0.4 is 0 Å². The van der Waals surface area contributed by atoms with Crippen LogP contribution in [0.5, 0.6) is 0 Å². The summed E-state index contributed by atoms with van der Waals surface area (Å²) in [6, 6.07) is 0. The normalized spacial score (nSPS) is 12.2. The Hall–Kier alpha value is -0.790. The molecule has 0 saturated heterocycles. The average Bonchev–Trinajstić information content (AvgIpc) is 2.04. The molecule has 0 aliphatic rings. The number of ether oxygens (including phenoxy) is 1. The van der Waals surface area contributed by atoms with Crippen molar-refractivity contribution in [1.82, 2.24) is 0 Å². The minimum absolute atomic E-state index is 0.113. The van der Waals surface area contributed by atoms with Gasteiger partial charge in [0, 0.05) is 6.92 Å². The van der Waals surface area contributed by atoms with Crippen LogP contribution in [0.3, 0.4) is 0 Å². The van der Waals surface area contributed by atoms with Crippen molar-refractivity contribution in [1.29, 1.82) is 0 Å². The molecular formula is C11H20O2. The zero-order chi connectivity index (χ0) is 10.1. The molecule has 0 amide bonds. The molecule has 0 N–H and O–H groups in total. The Kier molecular flexibility index (Phi) is 7.36. The van der Waals surface area contributed by atoms with E-state index in [1.54, 1.807) is 0 Å². The van der Waals surface area contributed by atoms with Gasteiger partial charge in [0.25, 0.3) is 0 Å². The molecule has 2 heteroatoms. The first-order valence-electron chi connectivity index (χ1n) is 4.98. The predicted octanol–water partition coefficient (Wildman–Crippen LogP) is 3.07. The minimum atomic E-state index is -0.169. The van der Waals surface area contributed by atoms with Gasteiger partial charge in [-0.05, 0) is 25.7 Å². The highest BCUT2D eigenvalue weighted by Crippen LogP contribution is 2.11. The lowest BCUT2D eigenvalue weighted by Crippen LogP contribution is -2.15. The van der Waals surface area contributed by atoms with Gasteiger partial charge in [-0.1, -0.05) is 19.4 Å². The Balaban J connectivity index is 3.65. The summed E-state index contributed by atoms with van der Waals surface area (Å²) in [4.78, 5) is 10.7. The van der Waals surface area contributed by atoms with Crippen molar-refractivity contribution in [2.75, 3.05) is 0 Å². The number of carbonyl (C=O) groups is 1. The molecule has 13 heavy (non-hydrogen) atoms. The van der Waals surface area contributed by atoms with Crippen molar-refractivity contribution in [3.8, 4) is 0 Å². The van der Waals surface area contributed by atoms with E-state index in [1.165, 1.54) is 6.92 Å². The van der Waals surface area contributed by atoms with Crippen LogP contribution in [-0.2, 0) is 9.53 Å². The van der Waals surface area contributed by atoms with Crippen molar-refractivity contribution in [3.05, 3.63) is 12.7 Å². The molecule has 0 aromatic carbocycles. The Morgan fingerprint density at radius 2 is 2.23 bits per heavy atom. The van der Waals surface area contributed by atoms with Crippen LogP contribution in [0, 0.1) is 0 Å². The van der Waals surface area contributed by atoms with Crippen molar-refractivity contribution in [2.24, 2.45) is 0 Å². The first-order valence-corrected chi connectivity index (χ1v) is 4.98. The quantitative estimate of drug-likeness (QED) is 0.345. The maximum absolute atomic E-state index is 10.7. The average molecular weight is 184 g/mol. The van der Waals surface area contributed by atoms with Crippen LogP contribution in [0.25, 0.3) is 0 Å². The third-order valence-corrected chi connectivity index (χ3v) is 1.88. The number of hydrogen-bond donors (Lipinski definition) is 0. The molecule has 1 atom stereocenters. The molecule has 0 rings (SSSR count). The van der Waals surface area contributed by atoms with Gasteiger partial charge in [-0.15, -0.1) is 6.58 Å². The molecule has 0 saturated carbocycles. The summed E-state index contributed by atoms with van der Waals surface area (Å²) in [7, 11) is 0. The lowest BCUT2D eigenvalue weighted by atomic mass is 10.1. The SMILES string of the molecule is C=CCCCC(CCC)OC(C)=O. The molecule has 0 radical (unpaired) electrons. The summed E-state index contributed by atoms with van der Waals surface area (Å²) in [5, 5.41) is 0. The van der Waals surface area contributed by atoms with Gasteiger partial charge < -0.3 is 4.74 Å². The van der Waals surface area contributed by atoms with Gasteiger partial charge in [0.15, 0.2) is 0 Å². The lowest BCUT2D eigenvalue weighted by molar-refractivity contribution is -0.147. The summed E-state index contributed by atoms with van der Waals surface area (Å²) in [6.45, 7) is 7.23. The van der Waals surface area contributed by atoms with Crippen LogP contribution in [0.2, 0.25) is 0 Å². The zero-order valence-electron chi connectivity index (χ0n) is 8.71. The highest BCUT2D eigenvalue weighted by atomic mass is 16.5. The first kappa shape index (κ1) is 12.2. The van der Waals surface area contributed by atoms with Gasteiger partial charge in [-0.2, -0.15) is 0 Å². The van der Waals surface area contributed by atoms with E-state index < -0.39 is 0 Å². The van der Waals surface area contributed by atoms with E-state index in [1.807, 2.05) is 6.08 Å². The predicted molar refractivity (Wildman–Crippen MR) is 54.5 cm³/mol. The number of hydrogen-bond acceptors (Lipinski definition) is 2. The fraction of sp³-hybridized carbons (Fsp3) is 0.727. The molecule has 0 aromatic heterocycles. The van der Waals surface area contributed by atoms with E-state index in [0.29, 0.717) is 0 Å². The second-order valence-corrected chi connectivity index (χ2v) is 3.24. The molecule has 2 nitrogen and oxygen atoms in total. The number of rotatable bonds is 7. The summed E-state index contributed by atoms with van der Waals surface area (Å²) in [6.07, 6.45) is 7.06. The topological polar surface area (TPSA) is 26.3 Å². The molecule has 0 fully saturated rings. The van der Waals surface area contributed by atoms with E-state index in [4.69, 9.17) is 4.74 Å². The molecule has 0 aliphatic carbocycles. The van der Waals surface area contributed by atoms with Gasteiger partial charge in [0.1, 0.15) is 6.10 Å². The van der Waals surface area contributed by atoms with Crippen LogP contribution in [0.1, 0.15) is 46.0 Å². The van der Waals surface area contributed by atoms with Crippen LogP contribution in [-0.4, -0.2) is 12.1 Å². The fourth-order valence-corrected chi connectivity index (χ4v) is 1.31. The van der Waals surface area contributed by atoms with Crippen molar-refractivity contribution in [2.45, 2.75) is 52.1 Å². The Morgan fingerprint density at radius 1 is 1.54 bits per heavy atom. The van der Waals surface area contributed by atoms with E-state index in [9.17, 15) is 4.79 Å². The summed E-state index contributed by atoms with van der Waals surface area (Å²) in [5.74, 6) is -0.169. The largest absolute Gasteiger partial charge is 0.463 e.